The molecule has 2 unspecified atom stereocenters. The van der Waals surface area contributed by atoms with E-state index < -0.39 is 0 Å². The van der Waals surface area contributed by atoms with Crippen LogP contribution in [0, 0.1) is 18.5 Å². The minimum absolute atomic E-state index is 0.331. The van der Waals surface area contributed by atoms with Gasteiger partial charge < -0.3 is 9.47 Å². The molecule has 0 aliphatic heterocycles. The summed E-state index contributed by atoms with van der Waals surface area (Å²) >= 11 is 4.71. The third-order valence-corrected chi connectivity index (χ3v) is 7.47. The Bertz CT molecular complexity index is 748. The first-order valence-electron chi connectivity index (χ1n) is 8.97. The molecule has 0 amide bonds. The Morgan fingerprint density at radius 3 is 2.32 bits per heavy atom. The van der Waals surface area contributed by atoms with Crippen molar-refractivity contribution in [3.63, 3.8) is 0 Å². The summed E-state index contributed by atoms with van der Waals surface area (Å²) in [6.07, 6.45) is 6.71. The monoisotopic (exact) mass is 560 g/mol. The van der Waals surface area contributed by atoms with E-state index in [-0.39, 0.29) is 0 Å². The second-order valence-corrected chi connectivity index (χ2v) is 9.48. The Hall–Kier alpha value is -0.500. The number of hydrogen-bond donors (Lipinski definition) is 0. The van der Waals surface area contributed by atoms with E-state index in [0.717, 1.165) is 18.1 Å². The molecule has 2 aromatic carbocycles. The van der Waals surface area contributed by atoms with Crippen molar-refractivity contribution in [3.8, 4) is 11.5 Å². The van der Waals surface area contributed by atoms with Crippen molar-refractivity contribution in [1.82, 2.24) is 0 Å². The molecule has 0 heterocycles. The molecule has 2 saturated carbocycles. The van der Waals surface area contributed by atoms with E-state index in [0.29, 0.717) is 17.4 Å². The van der Waals surface area contributed by atoms with Crippen LogP contribution in [-0.2, 0) is 0 Å². The smallest absolute Gasteiger partial charge is 0.133 e. The Balaban J connectivity index is 1.43. The molecule has 2 nitrogen and oxygen atoms in total. The van der Waals surface area contributed by atoms with Crippen LogP contribution in [-0.4, -0.2) is 12.7 Å². The fourth-order valence-electron chi connectivity index (χ4n) is 4.17. The highest BCUT2D eigenvalue weighted by molar-refractivity contribution is 14.1. The standard InChI is InChI=1S/C21H22I2O2/c22-16-8-1-3-10-18(16)24-14-15-7-5-6-12-21(15)13-20(21)25-19-11-4-2-9-17(19)23/h1-4,8-11,15,20H,5-7,12-14H2/t15-,20?,21?/m0/s1. The summed E-state index contributed by atoms with van der Waals surface area (Å²) in [5, 5.41) is 0. The average molecular weight is 560 g/mol. The van der Waals surface area contributed by atoms with Gasteiger partial charge in [-0.1, -0.05) is 37.1 Å². The lowest BCUT2D eigenvalue weighted by atomic mass is 9.76. The average Bonchev–Trinajstić information content (AvgIpc) is 3.30. The number of ether oxygens (including phenoxy) is 2. The molecule has 3 atom stereocenters. The fourth-order valence-corrected chi connectivity index (χ4v) is 5.23. The van der Waals surface area contributed by atoms with Crippen LogP contribution in [0.1, 0.15) is 32.1 Å². The molecule has 4 rings (SSSR count). The van der Waals surface area contributed by atoms with E-state index >= 15 is 0 Å². The molecule has 2 aliphatic carbocycles. The Kier molecular flexibility index (Phi) is 5.46. The van der Waals surface area contributed by atoms with Crippen molar-refractivity contribution in [2.75, 3.05) is 6.61 Å². The molecule has 4 heteroatoms. The molecule has 2 fully saturated rings. The summed E-state index contributed by atoms with van der Waals surface area (Å²) in [6, 6.07) is 16.6. The van der Waals surface area contributed by atoms with Crippen molar-refractivity contribution < 1.29 is 9.47 Å². The molecule has 25 heavy (non-hydrogen) atoms. The summed E-state index contributed by atoms with van der Waals surface area (Å²) in [4.78, 5) is 0. The van der Waals surface area contributed by atoms with Gasteiger partial charge in [-0.05, 0) is 88.7 Å². The number of rotatable bonds is 5. The summed E-state index contributed by atoms with van der Waals surface area (Å²) in [5.41, 5.74) is 0.331. The Labute approximate surface area is 177 Å². The molecule has 0 radical (unpaired) electrons. The topological polar surface area (TPSA) is 18.5 Å². The molecule has 0 saturated heterocycles. The molecule has 1 spiro atoms. The maximum Gasteiger partial charge on any atom is 0.133 e. The quantitative estimate of drug-likeness (QED) is 0.400. The molecular formula is C21H22I2O2. The maximum absolute atomic E-state index is 6.39. The van der Waals surface area contributed by atoms with E-state index in [1.165, 1.54) is 39.2 Å². The van der Waals surface area contributed by atoms with E-state index in [9.17, 15) is 0 Å². The molecule has 2 aliphatic rings. The normalized spacial score (nSPS) is 27.9. The number of halogens is 2. The van der Waals surface area contributed by atoms with Crippen molar-refractivity contribution >= 4 is 45.2 Å². The number of benzene rings is 2. The first-order valence-corrected chi connectivity index (χ1v) is 11.1. The highest BCUT2D eigenvalue weighted by Gasteiger charge is 2.61. The first kappa shape index (κ1) is 17.9. The number of para-hydroxylation sites is 2. The van der Waals surface area contributed by atoms with Crippen LogP contribution in [0.4, 0.5) is 0 Å². The second-order valence-electron chi connectivity index (χ2n) is 7.16. The fraction of sp³-hybridized carbons (Fsp3) is 0.429. The Morgan fingerprint density at radius 1 is 0.920 bits per heavy atom. The van der Waals surface area contributed by atoms with Crippen LogP contribution in [0.15, 0.2) is 48.5 Å². The third kappa shape index (κ3) is 3.80. The van der Waals surface area contributed by atoms with Gasteiger partial charge in [-0.3, -0.25) is 0 Å². The predicted octanol–water partition coefficient (Wildman–Crippen LogP) is 6.30. The van der Waals surface area contributed by atoms with Crippen LogP contribution >= 0.6 is 45.2 Å². The molecular weight excluding hydrogens is 538 g/mol. The summed E-state index contributed by atoms with van der Waals surface area (Å²) in [5.74, 6) is 2.65. The lowest BCUT2D eigenvalue weighted by Crippen LogP contribution is -2.31. The van der Waals surface area contributed by atoms with Gasteiger partial charge in [0.25, 0.3) is 0 Å². The maximum atomic E-state index is 6.39. The highest BCUT2D eigenvalue weighted by Crippen LogP contribution is 2.61. The van der Waals surface area contributed by atoms with Gasteiger partial charge in [0.1, 0.15) is 17.6 Å². The highest BCUT2D eigenvalue weighted by atomic mass is 127. The zero-order valence-electron chi connectivity index (χ0n) is 14.1. The first-order chi connectivity index (χ1) is 12.2. The molecule has 0 aromatic heterocycles. The summed E-state index contributed by atoms with van der Waals surface area (Å²) in [7, 11) is 0. The molecule has 132 valence electrons. The van der Waals surface area contributed by atoms with Gasteiger partial charge in [0.15, 0.2) is 0 Å². The van der Waals surface area contributed by atoms with Crippen LogP contribution < -0.4 is 9.47 Å². The Morgan fingerprint density at radius 2 is 1.60 bits per heavy atom. The minimum Gasteiger partial charge on any atom is -0.492 e. The molecule has 0 N–H and O–H groups in total. The predicted molar refractivity (Wildman–Crippen MR) is 117 cm³/mol. The SMILES string of the molecule is Ic1ccccc1OC[C@@H]1CCCCC12CC2Oc1ccccc1I. The van der Waals surface area contributed by atoms with Gasteiger partial charge in [0.05, 0.1) is 13.7 Å². The van der Waals surface area contributed by atoms with E-state index in [1.54, 1.807) is 0 Å². The zero-order valence-corrected chi connectivity index (χ0v) is 18.4. The van der Waals surface area contributed by atoms with E-state index in [1.807, 2.05) is 0 Å². The van der Waals surface area contributed by atoms with Gasteiger partial charge in [-0.15, -0.1) is 0 Å². The van der Waals surface area contributed by atoms with E-state index in [2.05, 4.69) is 93.7 Å². The second kappa shape index (κ2) is 7.62. The largest absolute Gasteiger partial charge is 0.492 e. The minimum atomic E-state index is 0.331. The van der Waals surface area contributed by atoms with Crippen molar-refractivity contribution in [3.05, 3.63) is 55.7 Å². The van der Waals surface area contributed by atoms with Crippen molar-refractivity contribution in [2.24, 2.45) is 11.3 Å². The van der Waals surface area contributed by atoms with Gasteiger partial charge in [0, 0.05) is 11.3 Å². The third-order valence-electron chi connectivity index (χ3n) is 5.69. The van der Waals surface area contributed by atoms with Gasteiger partial charge in [0.2, 0.25) is 0 Å². The van der Waals surface area contributed by atoms with Crippen molar-refractivity contribution in [1.29, 1.82) is 0 Å². The molecule has 0 bridgehead atoms. The lowest BCUT2D eigenvalue weighted by molar-refractivity contribution is 0.0953. The van der Waals surface area contributed by atoms with Crippen LogP contribution in [0.25, 0.3) is 0 Å². The van der Waals surface area contributed by atoms with Crippen LogP contribution in [0.2, 0.25) is 0 Å². The van der Waals surface area contributed by atoms with Gasteiger partial charge in [-0.2, -0.15) is 0 Å². The van der Waals surface area contributed by atoms with Gasteiger partial charge in [-0.25, -0.2) is 0 Å². The van der Waals surface area contributed by atoms with Crippen LogP contribution in [0.5, 0.6) is 11.5 Å². The zero-order chi connectivity index (χ0) is 17.3. The summed E-state index contributed by atoms with van der Waals surface area (Å²) < 4.78 is 15.0. The number of hydrogen-bond acceptors (Lipinski definition) is 2. The van der Waals surface area contributed by atoms with Gasteiger partial charge >= 0.3 is 0 Å². The summed E-state index contributed by atoms with van der Waals surface area (Å²) in [6.45, 7) is 0.811. The lowest BCUT2D eigenvalue weighted by Gasteiger charge is -2.32. The van der Waals surface area contributed by atoms with E-state index in [4.69, 9.17) is 9.47 Å². The molecule has 2 aromatic rings. The van der Waals surface area contributed by atoms with Crippen LogP contribution in [0.3, 0.4) is 0 Å². The van der Waals surface area contributed by atoms with Crippen molar-refractivity contribution in [2.45, 2.75) is 38.2 Å².